The first-order valence-electron chi connectivity index (χ1n) is 13.1. The van der Waals surface area contributed by atoms with Gasteiger partial charge in [-0.3, -0.25) is 9.69 Å². The van der Waals surface area contributed by atoms with Gasteiger partial charge in [0.15, 0.2) is 0 Å². The first kappa shape index (κ1) is 22.1. The minimum Gasteiger partial charge on any atom is -0.373 e. The standard InChI is InChI=1S/C24H40N4O3S/c25-21-17-12-15-13-19-20(31-11-10-30-19)14-18(15)26-23(17)32-22(21)24(29)28-8-6-27(7-9-28)16-4-2-1-3-5-16/h15-23,26H,1-14,25H2. The van der Waals surface area contributed by atoms with Gasteiger partial charge >= 0.3 is 0 Å². The molecule has 8 heteroatoms. The number of ether oxygens (including phenoxy) is 2. The molecule has 6 fully saturated rings. The van der Waals surface area contributed by atoms with Crippen LogP contribution in [0, 0.1) is 11.8 Å². The van der Waals surface area contributed by atoms with Crippen molar-refractivity contribution in [1.82, 2.24) is 15.1 Å². The monoisotopic (exact) mass is 464 g/mol. The van der Waals surface area contributed by atoms with Crippen molar-refractivity contribution < 1.29 is 14.3 Å². The molecule has 3 N–H and O–H groups in total. The lowest BCUT2D eigenvalue weighted by Gasteiger charge is -2.48. The SMILES string of the molecule is NC1C(C(=O)N2CCN(C3CCCCC3)CC2)SC2NC3CC4OCCOC4CC3CC21. The molecule has 0 aromatic carbocycles. The maximum Gasteiger partial charge on any atom is 0.237 e. The smallest absolute Gasteiger partial charge is 0.237 e. The molecule has 0 bridgehead atoms. The van der Waals surface area contributed by atoms with Crippen LogP contribution in [0.2, 0.25) is 0 Å². The first-order valence-corrected chi connectivity index (χ1v) is 14.0. The van der Waals surface area contributed by atoms with Gasteiger partial charge in [-0.15, -0.1) is 11.8 Å². The summed E-state index contributed by atoms with van der Waals surface area (Å²) in [6.45, 7) is 5.23. The third kappa shape index (κ3) is 4.13. The molecule has 1 amide bonds. The van der Waals surface area contributed by atoms with Crippen molar-refractivity contribution in [1.29, 1.82) is 0 Å². The maximum absolute atomic E-state index is 13.5. The van der Waals surface area contributed by atoms with Crippen molar-refractivity contribution in [3.8, 4) is 0 Å². The molecule has 8 atom stereocenters. The number of nitrogens with two attached hydrogens (primary N) is 1. The summed E-state index contributed by atoms with van der Waals surface area (Å²) >= 11 is 1.81. The number of carbonyl (C=O) groups is 1. The van der Waals surface area contributed by atoms with Gasteiger partial charge < -0.3 is 25.4 Å². The summed E-state index contributed by atoms with van der Waals surface area (Å²) < 4.78 is 12.0. The second-order valence-electron chi connectivity index (χ2n) is 10.9. The highest BCUT2D eigenvalue weighted by molar-refractivity contribution is 8.01. The van der Waals surface area contributed by atoms with Crippen LogP contribution in [-0.4, -0.2) is 96.1 Å². The first-order chi connectivity index (χ1) is 15.7. The van der Waals surface area contributed by atoms with Gasteiger partial charge in [0.1, 0.15) is 5.25 Å². The predicted molar refractivity (Wildman–Crippen MR) is 125 cm³/mol. The topological polar surface area (TPSA) is 80.1 Å². The van der Waals surface area contributed by atoms with E-state index in [2.05, 4.69) is 15.1 Å². The van der Waals surface area contributed by atoms with Crippen LogP contribution in [0.25, 0.3) is 0 Å². The van der Waals surface area contributed by atoms with Crippen molar-refractivity contribution in [2.75, 3.05) is 39.4 Å². The molecule has 0 aromatic heterocycles. The zero-order valence-corrected chi connectivity index (χ0v) is 20.0. The molecule has 4 aliphatic heterocycles. The quantitative estimate of drug-likeness (QED) is 0.640. The number of amides is 1. The van der Waals surface area contributed by atoms with E-state index in [0.29, 0.717) is 23.3 Å². The molecule has 4 saturated heterocycles. The number of hydrogen-bond donors (Lipinski definition) is 2. The van der Waals surface area contributed by atoms with Crippen molar-refractivity contribution in [2.45, 2.75) is 92.3 Å². The molecule has 0 spiro atoms. The molecular formula is C24H40N4O3S. The van der Waals surface area contributed by atoms with Crippen LogP contribution in [0.1, 0.15) is 51.4 Å². The van der Waals surface area contributed by atoms with Gasteiger partial charge in [0.05, 0.1) is 30.8 Å². The second kappa shape index (κ2) is 9.34. The Morgan fingerprint density at radius 3 is 2.41 bits per heavy atom. The minimum atomic E-state index is -0.103. The summed E-state index contributed by atoms with van der Waals surface area (Å²) in [6, 6.07) is 1.16. The molecule has 0 aromatic rings. The fraction of sp³-hybridized carbons (Fsp3) is 0.958. The molecule has 7 nitrogen and oxygen atoms in total. The Kier molecular flexibility index (Phi) is 6.46. The van der Waals surface area contributed by atoms with Crippen LogP contribution in [0.3, 0.4) is 0 Å². The fourth-order valence-corrected chi connectivity index (χ4v) is 9.07. The van der Waals surface area contributed by atoms with E-state index in [1.807, 2.05) is 0 Å². The molecule has 4 heterocycles. The number of nitrogens with one attached hydrogen (secondary N) is 1. The molecule has 2 saturated carbocycles. The highest BCUT2D eigenvalue weighted by Gasteiger charge is 2.53. The highest BCUT2D eigenvalue weighted by atomic mass is 32.2. The fourth-order valence-electron chi connectivity index (χ4n) is 7.36. The van der Waals surface area contributed by atoms with Gasteiger partial charge in [-0.05, 0) is 38.0 Å². The number of piperazine rings is 1. The van der Waals surface area contributed by atoms with Crippen molar-refractivity contribution in [3.05, 3.63) is 0 Å². The number of nitrogens with zero attached hydrogens (tertiary/aromatic N) is 2. The third-order valence-corrected chi connectivity index (χ3v) is 10.8. The number of rotatable bonds is 2. The Bertz CT molecular complexity index is 684. The molecule has 2 aliphatic carbocycles. The van der Waals surface area contributed by atoms with E-state index in [1.165, 1.54) is 32.1 Å². The van der Waals surface area contributed by atoms with E-state index in [1.54, 1.807) is 11.8 Å². The van der Waals surface area contributed by atoms with Crippen molar-refractivity contribution in [3.63, 3.8) is 0 Å². The summed E-state index contributed by atoms with van der Waals surface area (Å²) in [5.74, 6) is 1.24. The average Bonchev–Trinajstić information content (AvgIpc) is 3.16. The average molecular weight is 465 g/mol. The van der Waals surface area contributed by atoms with Crippen LogP contribution >= 0.6 is 11.8 Å². The van der Waals surface area contributed by atoms with Gasteiger partial charge in [0, 0.05) is 50.2 Å². The summed E-state index contributed by atoms with van der Waals surface area (Å²) in [6.07, 6.45) is 10.5. The third-order valence-electron chi connectivity index (χ3n) is 9.19. The highest BCUT2D eigenvalue weighted by Crippen LogP contribution is 2.47. The molecule has 8 unspecified atom stereocenters. The number of thioether (sulfide) groups is 1. The van der Waals surface area contributed by atoms with Crippen molar-refractivity contribution >= 4 is 17.7 Å². The molecule has 6 rings (SSSR count). The Balaban J connectivity index is 1.05. The summed E-state index contributed by atoms with van der Waals surface area (Å²) in [5.41, 5.74) is 6.76. The van der Waals surface area contributed by atoms with Crippen LogP contribution < -0.4 is 11.1 Å². The van der Waals surface area contributed by atoms with E-state index in [-0.39, 0.29) is 29.4 Å². The van der Waals surface area contributed by atoms with E-state index in [9.17, 15) is 4.79 Å². The normalized spacial score (nSPS) is 45.7. The molecule has 180 valence electrons. The lowest BCUT2D eigenvalue weighted by Crippen LogP contribution is -2.59. The lowest BCUT2D eigenvalue weighted by molar-refractivity contribution is -0.170. The van der Waals surface area contributed by atoms with Gasteiger partial charge in [-0.1, -0.05) is 19.3 Å². The zero-order chi connectivity index (χ0) is 21.7. The van der Waals surface area contributed by atoms with Gasteiger partial charge in [0.25, 0.3) is 0 Å². The van der Waals surface area contributed by atoms with Crippen LogP contribution in [0.15, 0.2) is 0 Å². The Hall–Kier alpha value is -0.380. The molecule has 32 heavy (non-hydrogen) atoms. The summed E-state index contributed by atoms with van der Waals surface area (Å²) in [4.78, 5) is 18.2. The Morgan fingerprint density at radius 1 is 0.938 bits per heavy atom. The van der Waals surface area contributed by atoms with Crippen molar-refractivity contribution in [2.24, 2.45) is 17.6 Å². The molecule has 0 radical (unpaired) electrons. The summed E-state index contributed by atoms with van der Waals surface area (Å²) in [5, 5.41) is 4.08. The van der Waals surface area contributed by atoms with E-state index >= 15 is 0 Å². The van der Waals surface area contributed by atoms with Crippen LogP contribution in [-0.2, 0) is 14.3 Å². The van der Waals surface area contributed by atoms with E-state index < -0.39 is 0 Å². The minimum absolute atomic E-state index is 0.0522. The van der Waals surface area contributed by atoms with Crippen LogP contribution in [0.5, 0.6) is 0 Å². The van der Waals surface area contributed by atoms with Gasteiger partial charge in [-0.25, -0.2) is 0 Å². The molecular weight excluding hydrogens is 424 g/mol. The maximum atomic E-state index is 13.5. The lowest BCUT2D eigenvalue weighted by atomic mass is 9.72. The Labute approximate surface area is 196 Å². The van der Waals surface area contributed by atoms with E-state index in [4.69, 9.17) is 15.2 Å². The number of carbonyl (C=O) groups excluding carboxylic acids is 1. The Morgan fingerprint density at radius 2 is 1.66 bits per heavy atom. The number of hydrogen-bond acceptors (Lipinski definition) is 7. The predicted octanol–water partition coefficient (Wildman–Crippen LogP) is 1.40. The second-order valence-corrected chi connectivity index (χ2v) is 12.2. The largest absolute Gasteiger partial charge is 0.373 e. The summed E-state index contributed by atoms with van der Waals surface area (Å²) in [7, 11) is 0. The molecule has 6 aliphatic rings. The number of piperidine rings is 1. The zero-order valence-electron chi connectivity index (χ0n) is 19.2. The van der Waals surface area contributed by atoms with Gasteiger partial charge in [-0.2, -0.15) is 0 Å². The van der Waals surface area contributed by atoms with Crippen LogP contribution in [0.4, 0.5) is 0 Å². The van der Waals surface area contributed by atoms with Gasteiger partial charge in [0.2, 0.25) is 5.91 Å². The van der Waals surface area contributed by atoms with E-state index in [0.717, 1.165) is 64.7 Å². The number of fused-ring (bicyclic) bond motifs is 3.